The number of aromatic amines is 1. The third kappa shape index (κ3) is 10.6. The van der Waals surface area contributed by atoms with Crippen LogP contribution < -0.4 is 33.2 Å². The van der Waals surface area contributed by atoms with E-state index in [1.807, 2.05) is 30.5 Å². The number of nitrogens with two attached hydrogens (primary N) is 3. The van der Waals surface area contributed by atoms with Crippen LogP contribution in [0.5, 0.6) is 0 Å². The fraction of sp³-hybridized carbons (Fsp3) is 0.519. The Bertz CT molecular complexity index is 1210. The molecule has 3 amide bonds. The van der Waals surface area contributed by atoms with Crippen molar-refractivity contribution in [1.82, 2.24) is 20.9 Å². The minimum atomic E-state index is -1.22. The fourth-order valence-corrected chi connectivity index (χ4v) is 4.58. The molecule has 0 spiro atoms. The first-order valence-corrected chi connectivity index (χ1v) is 14.8. The van der Waals surface area contributed by atoms with Gasteiger partial charge in [0.25, 0.3) is 0 Å². The van der Waals surface area contributed by atoms with Crippen molar-refractivity contribution in [3.05, 3.63) is 36.0 Å². The van der Waals surface area contributed by atoms with E-state index in [-0.39, 0.29) is 37.7 Å². The summed E-state index contributed by atoms with van der Waals surface area (Å²) in [4.78, 5) is 58.4. The van der Waals surface area contributed by atoms with Crippen molar-refractivity contribution < 1.29 is 24.3 Å². The van der Waals surface area contributed by atoms with E-state index in [0.29, 0.717) is 12.2 Å². The van der Waals surface area contributed by atoms with Crippen LogP contribution in [-0.2, 0) is 25.6 Å². The standard InChI is InChI=1S/C27H42N8O5S/c1-15(2)22(28)25(38)35-21(13-16-14-32-18-8-5-4-7-17(16)18)24(37)33-19(10-12-41-3)23(36)34-20(26(39)40)9-6-11-31-27(29)30/h4-5,7-8,14-15,19-22,32H,6,9-13,28H2,1-3H3,(H,33,37)(H,34,36)(H,35,38)(H,39,40)(H4,29,30,31). The molecule has 13 nitrogen and oxygen atoms in total. The van der Waals surface area contributed by atoms with Gasteiger partial charge in [-0.3, -0.25) is 19.4 Å². The normalized spacial score (nSPS) is 14.1. The Morgan fingerprint density at radius 1 is 0.976 bits per heavy atom. The van der Waals surface area contributed by atoms with E-state index in [0.717, 1.165) is 16.5 Å². The van der Waals surface area contributed by atoms with Crippen LogP contribution in [0.25, 0.3) is 10.9 Å². The first-order chi connectivity index (χ1) is 19.4. The summed E-state index contributed by atoms with van der Waals surface area (Å²) in [5.41, 5.74) is 18.3. The van der Waals surface area contributed by atoms with Gasteiger partial charge >= 0.3 is 5.97 Å². The van der Waals surface area contributed by atoms with Gasteiger partial charge in [-0.25, -0.2) is 4.79 Å². The number of H-pyrrole nitrogens is 1. The molecule has 0 aliphatic heterocycles. The van der Waals surface area contributed by atoms with Crippen LogP contribution in [0.1, 0.15) is 38.7 Å². The van der Waals surface area contributed by atoms with Crippen LogP contribution in [-0.4, -0.2) is 82.5 Å². The van der Waals surface area contributed by atoms with Crippen LogP contribution in [0.4, 0.5) is 0 Å². The predicted molar refractivity (Wildman–Crippen MR) is 161 cm³/mol. The number of carboxylic acid groups (broad SMARTS) is 1. The maximum atomic E-state index is 13.6. The molecule has 0 aliphatic rings. The van der Waals surface area contributed by atoms with Crippen LogP contribution >= 0.6 is 11.8 Å². The lowest BCUT2D eigenvalue weighted by Crippen LogP contribution is -2.58. The van der Waals surface area contributed by atoms with Crippen molar-refractivity contribution in [1.29, 1.82) is 0 Å². The number of amides is 3. The van der Waals surface area contributed by atoms with Gasteiger partial charge in [-0.05, 0) is 48.8 Å². The first kappa shape index (κ1) is 33.4. The zero-order valence-corrected chi connectivity index (χ0v) is 24.5. The number of thioether (sulfide) groups is 1. The van der Waals surface area contributed by atoms with Gasteiger partial charge in [0, 0.05) is 30.1 Å². The highest BCUT2D eigenvalue weighted by molar-refractivity contribution is 7.98. The Kier molecular flexibility index (Phi) is 13.4. The van der Waals surface area contributed by atoms with Crippen molar-refractivity contribution >= 4 is 52.3 Å². The summed E-state index contributed by atoms with van der Waals surface area (Å²) in [6, 6.07) is 3.47. The Labute approximate surface area is 243 Å². The minimum Gasteiger partial charge on any atom is -0.480 e. The topological polar surface area (TPSA) is 231 Å². The van der Waals surface area contributed by atoms with Crippen molar-refractivity contribution in [2.45, 2.75) is 63.7 Å². The molecule has 0 saturated heterocycles. The van der Waals surface area contributed by atoms with Gasteiger partial charge in [0.05, 0.1) is 6.04 Å². The van der Waals surface area contributed by atoms with E-state index < -0.39 is 47.9 Å². The number of nitrogens with one attached hydrogen (secondary N) is 4. The molecule has 4 unspecified atom stereocenters. The number of hydrogen-bond acceptors (Lipinski definition) is 7. The second-order valence-corrected chi connectivity index (χ2v) is 11.1. The summed E-state index contributed by atoms with van der Waals surface area (Å²) < 4.78 is 0. The summed E-state index contributed by atoms with van der Waals surface area (Å²) in [6.07, 6.45) is 4.44. The maximum Gasteiger partial charge on any atom is 0.326 e. The minimum absolute atomic E-state index is 0.0907. The zero-order chi connectivity index (χ0) is 30.5. The molecule has 14 heteroatoms. The Morgan fingerprint density at radius 2 is 1.61 bits per heavy atom. The molecule has 2 aromatic rings. The predicted octanol–water partition coefficient (Wildman–Crippen LogP) is 0.0394. The maximum absolute atomic E-state index is 13.6. The van der Waals surface area contributed by atoms with Crippen molar-refractivity contribution in [2.24, 2.45) is 28.1 Å². The number of nitrogens with zero attached hydrogens (tertiary/aromatic N) is 1. The Hall–Kier alpha value is -3.78. The van der Waals surface area contributed by atoms with E-state index in [1.54, 1.807) is 20.0 Å². The smallest absolute Gasteiger partial charge is 0.326 e. The highest BCUT2D eigenvalue weighted by Gasteiger charge is 2.31. The second kappa shape index (κ2) is 16.5. The third-order valence-corrected chi connectivity index (χ3v) is 7.20. The molecule has 0 aliphatic carbocycles. The number of para-hydroxylation sites is 1. The van der Waals surface area contributed by atoms with E-state index in [4.69, 9.17) is 17.2 Å². The Morgan fingerprint density at radius 3 is 2.24 bits per heavy atom. The highest BCUT2D eigenvalue weighted by atomic mass is 32.2. The number of guanidine groups is 1. The summed E-state index contributed by atoms with van der Waals surface area (Å²) in [7, 11) is 0. The molecule has 0 radical (unpaired) electrons. The molecule has 0 fully saturated rings. The van der Waals surface area contributed by atoms with E-state index in [1.165, 1.54) is 11.8 Å². The number of aliphatic imine (C=N–C) groups is 1. The molecule has 11 N–H and O–H groups in total. The quantitative estimate of drug-likeness (QED) is 0.0705. The fourth-order valence-electron chi connectivity index (χ4n) is 4.11. The lowest BCUT2D eigenvalue weighted by molar-refractivity contribution is -0.142. The van der Waals surface area contributed by atoms with E-state index in [2.05, 4.69) is 25.9 Å². The molecule has 1 heterocycles. The largest absolute Gasteiger partial charge is 0.480 e. The van der Waals surface area contributed by atoms with Gasteiger partial charge < -0.3 is 43.2 Å². The second-order valence-electron chi connectivity index (χ2n) is 10.1. The van der Waals surface area contributed by atoms with Crippen molar-refractivity contribution in [3.63, 3.8) is 0 Å². The number of carboxylic acids is 1. The average molecular weight is 591 g/mol. The molecule has 0 bridgehead atoms. The number of aromatic nitrogens is 1. The van der Waals surface area contributed by atoms with Crippen LogP contribution in [0.2, 0.25) is 0 Å². The molecule has 226 valence electrons. The van der Waals surface area contributed by atoms with Gasteiger partial charge in [0.1, 0.15) is 18.1 Å². The van der Waals surface area contributed by atoms with Gasteiger partial charge in [0.15, 0.2) is 5.96 Å². The van der Waals surface area contributed by atoms with Crippen LogP contribution in [0.15, 0.2) is 35.5 Å². The van der Waals surface area contributed by atoms with Gasteiger partial charge in [0.2, 0.25) is 17.7 Å². The summed E-state index contributed by atoms with van der Waals surface area (Å²) in [5.74, 6) is -2.67. The van der Waals surface area contributed by atoms with Crippen molar-refractivity contribution in [2.75, 3.05) is 18.6 Å². The monoisotopic (exact) mass is 590 g/mol. The number of benzene rings is 1. The summed E-state index contributed by atoms with van der Waals surface area (Å²) >= 11 is 1.47. The lowest BCUT2D eigenvalue weighted by atomic mass is 10.0. The van der Waals surface area contributed by atoms with E-state index in [9.17, 15) is 24.3 Å². The van der Waals surface area contributed by atoms with Gasteiger partial charge in [-0.15, -0.1) is 0 Å². The van der Waals surface area contributed by atoms with Gasteiger partial charge in [-0.2, -0.15) is 11.8 Å². The van der Waals surface area contributed by atoms with Crippen LogP contribution in [0, 0.1) is 5.92 Å². The number of carbonyl (C=O) groups excluding carboxylic acids is 3. The number of carbonyl (C=O) groups is 4. The third-order valence-electron chi connectivity index (χ3n) is 6.56. The molecule has 1 aromatic heterocycles. The number of rotatable bonds is 17. The molecular weight excluding hydrogens is 548 g/mol. The van der Waals surface area contributed by atoms with Gasteiger partial charge in [-0.1, -0.05) is 32.0 Å². The molecule has 41 heavy (non-hydrogen) atoms. The molecule has 0 saturated carbocycles. The summed E-state index contributed by atoms with van der Waals surface area (Å²) in [5, 5.41) is 18.5. The van der Waals surface area contributed by atoms with E-state index >= 15 is 0 Å². The Balaban J connectivity index is 2.24. The molecule has 2 rings (SSSR count). The molecular formula is C27H42N8O5S. The van der Waals surface area contributed by atoms with Crippen molar-refractivity contribution in [3.8, 4) is 0 Å². The zero-order valence-electron chi connectivity index (χ0n) is 23.7. The average Bonchev–Trinajstić information content (AvgIpc) is 3.33. The number of fused-ring (bicyclic) bond motifs is 1. The van der Waals surface area contributed by atoms with Crippen LogP contribution in [0.3, 0.4) is 0 Å². The number of aliphatic carboxylic acids is 1. The number of hydrogen-bond donors (Lipinski definition) is 8. The highest BCUT2D eigenvalue weighted by Crippen LogP contribution is 2.19. The SMILES string of the molecule is CSCCC(NC(=O)C(Cc1c[nH]c2ccccc12)NC(=O)C(N)C(C)C)C(=O)NC(CCCN=C(N)N)C(=O)O. The molecule has 4 atom stereocenters. The molecule has 1 aromatic carbocycles. The lowest BCUT2D eigenvalue weighted by Gasteiger charge is -2.26. The summed E-state index contributed by atoms with van der Waals surface area (Å²) in [6.45, 7) is 3.82. The first-order valence-electron chi connectivity index (χ1n) is 13.4.